The SMILES string of the molecule is Cc1cccc(S(=O)(=O)Nc2ccc3sc(C(=O)NO)cc3c2)c1. The molecule has 0 aliphatic heterocycles. The van der Waals surface area contributed by atoms with Gasteiger partial charge in [-0.1, -0.05) is 12.1 Å². The second-order valence-corrected chi connectivity index (χ2v) is 7.99. The minimum Gasteiger partial charge on any atom is -0.288 e. The molecule has 24 heavy (non-hydrogen) atoms. The van der Waals surface area contributed by atoms with E-state index >= 15 is 0 Å². The van der Waals surface area contributed by atoms with E-state index in [9.17, 15) is 13.2 Å². The third-order valence-electron chi connectivity index (χ3n) is 3.39. The third kappa shape index (κ3) is 3.25. The van der Waals surface area contributed by atoms with Crippen molar-refractivity contribution in [3.05, 3.63) is 59.0 Å². The van der Waals surface area contributed by atoms with Crippen molar-refractivity contribution in [2.45, 2.75) is 11.8 Å². The van der Waals surface area contributed by atoms with Crippen molar-refractivity contribution >= 4 is 43.0 Å². The molecule has 0 saturated carbocycles. The van der Waals surface area contributed by atoms with Crippen molar-refractivity contribution in [2.75, 3.05) is 4.72 Å². The number of sulfonamides is 1. The zero-order chi connectivity index (χ0) is 17.3. The minimum atomic E-state index is -3.68. The van der Waals surface area contributed by atoms with Gasteiger partial charge in [0.15, 0.2) is 0 Å². The molecule has 1 amide bonds. The molecule has 8 heteroatoms. The van der Waals surface area contributed by atoms with Gasteiger partial charge in [0.05, 0.1) is 9.77 Å². The Kier molecular flexibility index (Phi) is 4.27. The lowest BCUT2D eigenvalue weighted by molar-refractivity contribution is 0.0711. The number of rotatable bonds is 4. The Hall–Kier alpha value is -2.42. The van der Waals surface area contributed by atoms with Gasteiger partial charge in [-0.05, 0) is 54.3 Å². The lowest BCUT2D eigenvalue weighted by atomic mass is 10.2. The van der Waals surface area contributed by atoms with E-state index < -0.39 is 15.9 Å². The average molecular weight is 362 g/mol. The molecule has 1 aromatic heterocycles. The van der Waals surface area contributed by atoms with E-state index in [-0.39, 0.29) is 4.90 Å². The molecule has 0 fully saturated rings. The lowest BCUT2D eigenvalue weighted by Gasteiger charge is -2.08. The van der Waals surface area contributed by atoms with Gasteiger partial charge in [0.2, 0.25) is 0 Å². The fourth-order valence-electron chi connectivity index (χ4n) is 2.27. The van der Waals surface area contributed by atoms with Crippen LogP contribution in [-0.2, 0) is 10.0 Å². The monoisotopic (exact) mass is 362 g/mol. The summed E-state index contributed by atoms with van der Waals surface area (Å²) in [5, 5.41) is 9.40. The van der Waals surface area contributed by atoms with E-state index in [0.29, 0.717) is 16.0 Å². The first-order valence-electron chi connectivity index (χ1n) is 6.96. The van der Waals surface area contributed by atoms with E-state index in [1.165, 1.54) is 17.4 Å². The number of carbonyl (C=O) groups is 1. The molecule has 0 spiro atoms. The first-order valence-corrected chi connectivity index (χ1v) is 9.26. The summed E-state index contributed by atoms with van der Waals surface area (Å²) in [7, 11) is -3.68. The van der Waals surface area contributed by atoms with Crippen LogP contribution in [-0.4, -0.2) is 19.5 Å². The van der Waals surface area contributed by atoms with Gasteiger partial charge in [-0.2, -0.15) is 0 Å². The molecule has 3 rings (SSSR count). The summed E-state index contributed by atoms with van der Waals surface area (Å²) < 4.78 is 28.2. The maximum Gasteiger partial charge on any atom is 0.284 e. The van der Waals surface area contributed by atoms with Gasteiger partial charge < -0.3 is 0 Å². The number of fused-ring (bicyclic) bond motifs is 1. The van der Waals surface area contributed by atoms with Gasteiger partial charge in [0.1, 0.15) is 0 Å². The van der Waals surface area contributed by atoms with Gasteiger partial charge in [-0.3, -0.25) is 14.7 Å². The number of carbonyl (C=O) groups excluding carboxylic acids is 1. The Labute approximate surface area is 142 Å². The van der Waals surface area contributed by atoms with Crippen LogP contribution < -0.4 is 10.2 Å². The topological polar surface area (TPSA) is 95.5 Å². The van der Waals surface area contributed by atoms with Crippen LogP contribution in [0, 0.1) is 6.92 Å². The molecule has 3 N–H and O–H groups in total. The highest BCUT2D eigenvalue weighted by Crippen LogP contribution is 2.29. The predicted molar refractivity (Wildman–Crippen MR) is 93.1 cm³/mol. The number of hydrogen-bond acceptors (Lipinski definition) is 5. The summed E-state index contributed by atoms with van der Waals surface area (Å²) in [5.74, 6) is -0.599. The first kappa shape index (κ1) is 16.4. The maximum absolute atomic E-state index is 12.4. The number of anilines is 1. The molecule has 0 saturated heterocycles. The first-order chi connectivity index (χ1) is 11.4. The van der Waals surface area contributed by atoms with Crippen molar-refractivity contribution in [3.63, 3.8) is 0 Å². The Morgan fingerprint density at radius 3 is 2.62 bits per heavy atom. The van der Waals surface area contributed by atoms with Crippen molar-refractivity contribution in [1.29, 1.82) is 0 Å². The molecule has 2 aromatic carbocycles. The van der Waals surface area contributed by atoms with Crippen LogP contribution in [0.4, 0.5) is 5.69 Å². The number of aryl methyl sites for hydroxylation is 1. The molecule has 6 nitrogen and oxygen atoms in total. The molecule has 1 heterocycles. The molecule has 0 aliphatic carbocycles. The zero-order valence-corrected chi connectivity index (χ0v) is 14.2. The second kappa shape index (κ2) is 6.23. The highest BCUT2D eigenvalue weighted by Gasteiger charge is 2.15. The summed E-state index contributed by atoms with van der Waals surface area (Å²) in [6, 6.07) is 13.2. The standard InChI is InChI=1S/C16H14N2O4S2/c1-10-3-2-4-13(7-10)24(21,22)18-12-5-6-14-11(8-12)9-15(23-14)16(19)17-20/h2-9,18,20H,1H3,(H,17,19). The Morgan fingerprint density at radius 1 is 1.12 bits per heavy atom. The van der Waals surface area contributed by atoms with Crippen LogP contribution in [0.3, 0.4) is 0 Å². The Bertz CT molecular complexity index is 1030. The second-order valence-electron chi connectivity index (χ2n) is 5.23. The number of hydroxylamine groups is 1. The van der Waals surface area contributed by atoms with Crippen molar-refractivity contribution in [3.8, 4) is 0 Å². The fourth-order valence-corrected chi connectivity index (χ4v) is 4.36. The quantitative estimate of drug-likeness (QED) is 0.491. The van der Waals surface area contributed by atoms with Crippen LogP contribution in [0.2, 0.25) is 0 Å². The number of thiophene rings is 1. The summed E-state index contributed by atoms with van der Waals surface area (Å²) in [6.45, 7) is 1.82. The molecular formula is C16H14N2O4S2. The van der Waals surface area contributed by atoms with E-state index in [4.69, 9.17) is 5.21 Å². The smallest absolute Gasteiger partial charge is 0.284 e. The summed E-state index contributed by atoms with van der Waals surface area (Å²) in [4.78, 5) is 12.0. The normalized spacial score (nSPS) is 11.4. The largest absolute Gasteiger partial charge is 0.288 e. The van der Waals surface area contributed by atoms with E-state index in [1.807, 2.05) is 13.0 Å². The molecule has 0 aliphatic rings. The number of hydrogen-bond donors (Lipinski definition) is 3. The van der Waals surface area contributed by atoms with Crippen LogP contribution in [0.25, 0.3) is 10.1 Å². The number of amides is 1. The van der Waals surface area contributed by atoms with Crippen molar-refractivity contribution in [2.24, 2.45) is 0 Å². The fraction of sp³-hybridized carbons (Fsp3) is 0.0625. The Morgan fingerprint density at radius 2 is 1.92 bits per heavy atom. The molecule has 0 bridgehead atoms. The van der Waals surface area contributed by atoms with Crippen LogP contribution in [0.5, 0.6) is 0 Å². The van der Waals surface area contributed by atoms with Crippen LogP contribution in [0.1, 0.15) is 15.2 Å². The molecule has 0 radical (unpaired) electrons. The van der Waals surface area contributed by atoms with Crippen LogP contribution in [0.15, 0.2) is 53.4 Å². The predicted octanol–water partition coefficient (Wildman–Crippen LogP) is 3.13. The average Bonchev–Trinajstić information content (AvgIpc) is 2.97. The summed E-state index contributed by atoms with van der Waals surface area (Å²) in [5.41, 5.74) is 2.84. The summed E-state index contributed by atoms with van der Waals surface area (Å²) in [6.07, 6.45) is 0. The molecule has 0 atom stereocenters. The summed E-state index contributed by atoms with van der Waals surface area (Å²) >= 11 is 1.21. The molecule has 3 aromatic rings. The lowest BCUT2D eigenvalue weighted by Crippen LogP contribution is -2.16. The van der Waals surface area contributed by atoms with Gasteiger partial charge in [0, 0.05) is 10.4 Å². The Balaban J connectivity index is 1.93. The zero-order valence-electron chi connectivity index (χ0n) is 12.6. The highest BCUT2D eigenvalue weighted by atomic mass is 32.2. The third-order valence-corrected chi connectivity index (χ3v) is 5.89. The highest BCUT2D eigenvalue weighted by molar-refractivity contribution is 7.92. The minimum absolute atomic E-state index is 0.188. The van der Waals surface area contributed by atoms with Crippen molar-refractivity contribution < 1.29 is 18.4 Å². The molecule has 0 unspecified atom stereocenters. The van der Waals surface area contributed by atoms with Gasteiger partial charge in [-0.25, -0.2) is 13.9 Å². The van der Waals surface area contributed by atoms with Crippen molar-refractivity contribution in [1.82, 2.24) is 5.48 Å². The number of benzene rings is 2. The maximum atomic E-state index is 12.4. The molecular weight excluding hydrogens is 348 g/mol. The van der Waals surface area contributed by atoms with E-state index in [0.717, 1.165) is 10.3 Å². The molecule has 124 valence electrons. The van der Waals surface area contributed by atoms with Gasteiger partial charge in [0.25, 0.3) is 15.9 Å². The van der Waals surface area contributed by atoms with Gasteiger partial charge >= 0.3 is 0 Å². The van der Waals surface area contributed by atoms with Crippen LogP contribution >= 0.6 is 11.3 Å². The van der Waals surface area contributed by atoms with E-state index in [2.05, 4.69) is 4.72 Å². The van der Waals surface area contributed by atoms with E-state index in [1.54, 1.807) is 41.9 Å². The number of nitrogens with one attached hydrogen (secondary N) is 2. The van der Waals surface area contributed by atoms with Gasteiger partial charge in [-0.15, -0.1) is 11.3 Å².